The van der Waals surface area contributed by atoms with Gasteiger partial charge < -0.3 is 10.4 Å². The fraction of sp³-hybridized carbons (Fsp3) is 0.545. The highest BCUT2D eigenvalue weighted by atomic mass is 32.1. The van der Waals surface area contributed by atoms with Crippen molar-refractivity contribution in [1.82, 2.24) is 9.69 Å². The Morgan fingerprint density at radius 2 is 2.24 bits per heavy atom. The van der Waals surface area contributed by atoms with Gasteiger partial charge in [0, 0.05) is 23.7 Å². The van der Waals surface area contributed by atoms with Crippen molar-refractivity contribution in [3.8, 4) is 0 Å². The minimum Gasteiger partial charge on any atom is -0.480 e. The SMILES string of the molecule is CC1(C)CC1(C(=O)O)C(=O)NCc1cnsc1. The number of hydrogen-bond donors (Lipinski definition) is 2. The molecule has 2 rings (SSSR count). The number of aliphatic carboxylic acids is 1. The van der Waals surface area contributed by atoms with Gasteiger partial charge in [0.2, 0.25) is 5.91 Å². The van der Waals surface area contributed by atoms with Crippen LogP contribution in [0.4, 0.5) is 0 Å². The molecule has 92 valence electrons. The summed E-state index contributed by atoms with van der Waals surface area (Å²) in [5.41, 5.74) is -0.825. The van der Waals surface area contributed by atoms with E-state index in [4.69, 9.17) is 0 Å². The molecule has 0 aliphatic heterocycles. The summed E-state index contributed by atoms with van der Waals surface area (Å²) in [6.45, 7) is 3.93. The smallest absolute Gasteiger partial charge is 0.319 e. The van der Waals surface area contributed by atoms with Crippen molar-refractivity contribution in [2.75, 3.05) is 0 Å². The molecule has 5 nitrogen and oxygen atoms in total. The molecule has 1 atom stereocenters. The highest BCUT2D eigenvalue weighted by Gasteiger charge is 2.71. The molecule has 1 aliphatic carbocycles. The third kappa shape index (κ3) is 1.82. The van der Waals surface area contributed by atoms with Gasteiger partial charge in [-0.15, -0.1) is 0 Å². The van der Waals surface area contributed by atoms with E-state index in [-0.39, 0.29) is 0 Å². The third-order valence-electron chi connectivity index (χ3n) is 3.43. The Morgan fingerprint density at radius 1 is 1.59 bits per heavy atom. The number of rotatable bonds is 4. The number of nitrogens with one attached hydrogen (secondary N) is 1. The van der Waals surface area contributed by atoms with Gasteiger partial charge >= 0.3 is 5.97 Å². The van der Waals surface area contributed by atoms with Crippen molar-refractivity contribution in [3.05, 3.63) is 17.1 Å². The highest BCUT2D eigenvalue weighted by Crippen LogP contribution is 2.63. The van der Waals surface area contributed by atoms with Crippen LogP contribution in [0.2, 0.25) is 0 Å². The molecule has 0 spiro atoms. The van der Waals surface area contributed by atoms with Crippen LogP contribution in [0.3, 0.4) is 0 Å². The second-order valence-corrected chi connectivity index (χ2v) is 5.64. The monoisotopic (exact) mass is 254 g/mol. The highest BCUT2D eigenvalue weighted by molar-refractivity contribution is 7.03. The second-order valence-electron chi connectivity index (χ2n) is 4.99. The van der Waals surface area contributed by atoms with Crippen molar-refractivity contribution in [2.24, 2.45) is 10.8 Å². The van der Waals surface area contributed by atoms with Gasteiger partial charge in [0.15, 0.2) is 5.41 Å². The Kier molecular flexibility index (Phi) is 2.69. The molecule has 0 aromatic carbocycles. The molecular weight excluding hydrogens is 240 g/mol. The van der Waals surface area contributed by atoms with Crippen LogP contribution in [0.15, 0.2) is 11.6 Å². The molecule has 1 aliphatic rings. The van der Waals surface area contributed by atoms with Crippen molar-refractivity contribution >= 4 is 23.4 Å². The molecule has 0 radical (unpaired) electrons. The van der Waals surface area contributed by atoms with Gasteiger partial charge in [-0.2, -0.15) is 0 Å². The first-order valence-electron chi connectivity index (χ1n) is 5.30. The van der Waals surface area contributed by atoms with E-state index in [1.54, 1.807) is 20.0 Å². The average Bonchev–Trinajstić information content (AvgIpc) is 2.65. The molecule has 1 amide bonds. The third-order valence-corrected chi connectivity index (χ3v) is 4.06. The molecule has 0 saturated heterocycles. The first-order valence-corrected chi connectivity index (χ1v) is 6.14. The van der Waals surface area contributed by atoms with Crippen LogP contribution >= 0.6 is 11.5 Å². The molecule has 2 N–H and O–H groups in total. The summed E-state index contributed by atoms with van der Waals surface area (Å²) in [5, 5.41) is 13.7. The van der Waals surface area contributed by atoms with Crippen LogP contribution in [0.1, 0.15) is 25.8 Å². The summed E-state index contributed by atoms with van der Waals surface area (Å²) in [7, 11) is 0. The van der Waals surface area contributed by atoms with Crippen LogP contribution in [0, 0.1) is 10.8 Å². The Bertz CT molecular complexity index is 455. The van der Waals surface area contributed by atoms with Crippen molar-refractivity contribution in [3.63, 3.8) is 0 Å². The van der Waals surface area contributed by atoms with E-state index in [1.807, 2.05) is 5.38 Å². The van der Waals surface area contributed by atoms with E-state index in [1.165, 1.54) is 11.5 Å². The number of nitrogens with zero attached hydrogens (tertiary/aromatic N) is 1. The Hall–Kier alpha value is -1.43. The second kappa shape index (κ2) is 3.80. The van der Waals surface area contributed by atoms with E-state index in [9.17, 15) is 14.7 Å². The van der Waals surface area contributed by atoms with Gasteiger partial charge in [-0.1, -0.05) is 13.8 Å². The van der Waals surface area contributed by atoms with Gasteiger partial charge in [-0.25, -0.2) is 4.37 Å². The molecular formula is C11H14N2O3S. The maximum absolute atomic E-state index is 12.0. The largest absolute Gasteiger partial charge is 0.480 e. The van der Waals surface area contributed by atoms with Gasteiger partial charge in [0.1, 0.15) is 0 Å². The maximum atomic E-state index is 12.0. The number of carboxylic acid groups (broad SMARTS) is 1. The van der Waals surface area contributed by atoms with Crippen LogP contribution < -0.4 is 5.32 Å². The number of carbonyl (C=O) groups excluding carboxylic acids is 1. The predicted octanol–water partition coefficient (Wildman–Crippen LogP) is 1.26. The molecule has 17 heavy (non-hydrogen) atoms. The Labute approximate surface area is 103 Å². The summed E-state index contributed by atoms with van der Waals surface area (Å²) >= 11 is 1.30. The van der Waals surface area contributed by atoms with Crippen LogP contribution in [-0.2, 0) is 16.1 Å². The number of carboxylic acids is 1. The minimum atomic E-state index is -1.25. The molecule has 1 heterocycles. The fourth-order valence-electron chi connectivity index (χ4n) is 2.12. The maximum Gasteiger partial charge on any atom is 0.319 e. The lowest BCUT2D eigenvalue weighted by atomic mass is 9.95. The van der Waals surface area contributed by atoms with Gasteiger partial charge in [-0.05, 0) is 23.4 Å². The van der Waals surface area contributed by atoms with Crippen LogP contribution in [-0.4, -0.2) is 21.4 Å². The lowest BCUT2D eigenvalue weighted by Gasteiger charge is -2.15. The van der Waals surface area contributed by atoms with E-state index >= 15 is 0 Å². The number of carbonyl (C=O) groups is 2. The molecule has 1 saturated carbocycles. The number of amides is 1. The summed E-state index contributed by atoms with van der Waals surface area (Å²) < 4.78 is 3.92. The van der Waals surface area contributed by atoms with E-state index in [2.05, 4.69) is 9.69 Å². The van der Waals surface area contributed by atoms with Crippen molar-refractivity contribution < 1.29 is 14.7 Å². The van der Waals surface area contributed by atoms with E-state index < -0.39 is 22.7 Å². The molecule has 1 unspecified atom stereocenters. The Morgan fingerprint density at radius 3 is 2.65 bits per heavy atom. The summed E-state index contributed by atoms with van der Waals surface area (Å²) in [6.07, 6.45) is 2.06. The zero-order valence-corrected chi connectivity index (χ0v) is 10.5. The van der Waals surface area contributed by atoms with Gasteiger partial charge in [-0.3, -0.25) is 9.59 Å². The van der Waals surface area contributed by atoms with Gasteiger partial charge in [0.25, 0.3) is 0 Å². The average molecular weight is 254 g/mol. The lowest BCUT2D eigenvalue weighted by molar-refractivity contribution is -0.150. The molecule has 1 aromatic heterocycles. The van der Waals surface area contributed by atoms with Crippen molar-refractivity contribution in [1.29, 1.82) is 0 Å². The topological polar surface area (TPSA) is 79.3 Å². The molecule has 0 bridgehead atoms. The summed E-state index contributed by atoms with van der Waals surface area (Å²) in [5.74, 6) is -1.44. The predicted molar refractivity (Wildman–Crippen MR) is 62.4 cm³/mol. The van der Waals surface area contributed by atoms with E-state index in [0.29, 0.717) is 13.0 Å². The first kappa shape index (κ1) is 12.0. The molecule has 1 fully saturated rings. The quantitative estimate of drug-likeness (QED) is 0.793. The molecule has 1 aromatic rings. The van der Waals surface area contributed by atoms with E-state index in [0.717, 1.165) is 5.56 Å². The van der Waals surface area contributed by atoms with Crippen LogP contribution in [0.5, 0.6) is 0 Å². The zero-order chi connectivity index (χ0) is 12.7. The lowest BCUT2D eigenvalue weighted by Crippen LogP contribution is -2.39. The summed E-state index contributed by atoms with van der Waals surface area (Å²) in [4.78, 5) is 23.2. The van der Waals surface area contributed by atoms with Gasteiger partial charge in [0.05, 0.1) is 0 Å². The number of hydrogen-bond acceptors (Lipinski definition) is 4. The zero-order valence-electron chi connectivity index (χ0n) is 9.69. The standard InChI is InChI=1S/C11H14N2O3S/c1-10(2)6-11(10,9(15)16)8(14)12-3-7-4-13-17-5-7/h4-5H,3,6H2,1-2H3,(H,12,14)(H,15,16). The molecule has 6 heteroatoms. The fourth-order valence-corrected chi connectivity index (χ4v) is 2.65. The normalized spacial score (nSPS) is 25.3. The first-order chi connectivity index (χ1) is 7.90. The number of aromatic nitrogens is 1. The minimum absolute atomic E-state index is 0.334. The summed E-state index contributed by atoms with van der Waals surface area (Å²) in [6, 6.07) is 0. The van der Waals surface area contributed by atoms with Crippen molar-refractivity contribution in [2.45, 2.75) is 26.8 Å². The van der Waals surface area contributed by atoms with Crippen LogP contribution in [0.25, 0.3) is 0 Å². The Balaban J connectivity index is 2.03.